The van der Waals surface area contributed by atoms with E-state index in [4.69, 9.17) is 23.2 Å². The topological polar surface area (TPSA) is 53.1 Å². The second-order valence-corrected chi connectivity index (χ2v) is 5.94. The van der Waals surface area contributed by atoms with Crippen molar-refractivity contribution in [3.8, 4) is 0 Å². The number of aromatic nitrogens is 2. The molecule has 0 saturated carbocycles. The van der Waals surface area contributed by atoms with Gasteiger partial charge in [0, 0.05) is 17.8 Å². The molecule has 0 spiro atoms. The first-order valence-corrected chi connectivity index (χ1v) is 7.74. The molecule has 1 aromatic heterocycles. The maximum absolute atomic E-state index is 6.14. The van der Waals surface area contributed by atoms with E-state index in [1.54, 1.807) is 24.4 Å². The van der Waals surface area contributed by atoms with Crippen LogP contribution in [0.25, 0.3) is 0 Å². The van der Waals surface area contributed by atoms with Gasteiger partial charge in [-0.25, -0.2) is 4.98 Å². The van der Waals surface area contributed by atoms with E-state index in [-0.39, 0.29) is 0 Å². The van der Waals surface area contributed by atoms with Crippen LogP contribution in [0.5, 0.6) is 0 Å². The third-order valence-corrected chi connectivity index (χ3v) is 3.46. The van der Waals surface area contributed by atoms with Crippen molar-refractivity contribution >= 4 is 40.7 Å². The highest BCUT2D eigenvalue weighted by atomic mass is 35.5. The minimum atomic E-state index is 0.548. The molecule has 0 unspecified atom stereocenters. The molecule has 22 heavy (non-hydrogen) atoms. The van der Waals surface area contributed by atoms with Crippen molar-refractivity contribution in [2.24, 2.45) is 0 Å². The van der Waals surface area contributed by atoms with Crippen LogP contribution in [0.3, 0.4) is 0 Å². The lowest BCUT2D eigenvalue weighted by Crippen LogP contribution is -2.17. The largest absolute Gasteiger partial charge is 0.354 e. The average molecular weight is 340 g/mol. The van der Waals surface area contributed by atoms with Crippen LogP contribution in [0.1, 0.15) is 6.42 Å². The highest BCUT2D eigenvalue weighted by Gasteiger charge is 2.04. The van der Waals surface area contributed by atoms with Crippen LogP contribution < -0.4 is 10.6 Å². The van der Waals surface area contributed by atoms with Crippen LogP contribution in [0.2, 0.25) is 10.0 Å². The van der Waals surface area contributed by atoms with E-state index in [1.165, 1.54) is 0 Å². The minimum Gasteiger partial charge on any atom is -0.354 e. The summed E-state index contributed by atoms with van der Waals surface area (Å²) in [6, 6.07) is 7.07. The first kappa shape index (κ1) is 16.8. The van der Waals surface area contributed by atoms with E-state index < -0.39 is 0 Å². The van der Waals surface area contributed by atoms with Gasteiger partial charge in [-0.15, -0.1) is 0 Å². The Morgan fingerprint density at radius 3 is 2.73 bits per heavy atom. The molecule has 0 amide bonds. The number of hydrogen-bond acceptors (Lipinski definition) is 5. The smallest absolute Gasteiger partial charge is 0.224 e. The molecule has 0 fully saturated rings. The highest BCUT2D eigenvalue weighted by molar-refractivity contribution is 6.36. The predicted molar refractivity (Wildman–Crippen MR) is 93.4 cm³/mol. The van der Waals surface area contributed by atoms with Crippen LogP contribution >= 0.6 is 23.2 Å². The van der Waals surface area contributed by atoms with Crippen LogP contribution in [0.4, 0.5) is 17.5 Å². The summed E-state index contributed by atoms with van der Waals surface area (Å²) in [4.78, 5) is 10.8. The summed E-state index contributed by atoms with van der Waals surface area (Å²) < 4.78 is 0. The van der Waals surface area contributed by atoms with E-state index in [0.717, 1.165) is 25.2 Å². The quantitative estimate of drug-likeness (QED) is 0.749. The molecule has 0 aliphatic heterocycles. The summed E-state index contributed by atoms with van der Waals surface area (Å²) in [5.41, 5.74) is 0.753. The maximum Gasteiger partial charge on any atom is 0.224 e. The Bertz CT molecular complexity index is 619. The molecule has 0 bridgehead atoms. The number of hydrogen-bond donors (Lipinski definition) is 2. The van der Waals surface area contributed by atoms with Crippen LogP contribution in [-0.2, 0) is 0 Å². The first-order chi connectivity index (χ1) is 10.5. The predicted octanol–water partition coefficient (Wildman–Crippen LogP) is 3.89. The lowest BCUT2D eigenvalue weighted by Gasteiger charge is -2.11. The molecule has 1 heterocycles. The van der Waals surface area contributed by atoms with E-state index >= 15 is 0 Å². The first-order valence-electron chi connectivity index (χ1n) is 6.98. The van der Waals surface area contributed by atoms with E-state index in [9.17, 15) is 0 Å². The second-order valence-electron chi connectivity index (χ2n) is 5.10. The molecule has 2 rings (SSSR count). The summed E-state index contributed by atoms with van der Waals surface area (Å²) in [6.07, 6.45) is 2.73. The lowest BCUT2D eigenvalue weighted by molar-refractivity contribution is 0.405. The summed E-state index contributed by atoms with van der Waals surface area (Å²) in [6.45, 7) is 1.84. The van der Waals surface area contributed by atoms with Crippen LogP contribution in [0, 0.1) is 0 Å². The molecule has 0 atom stereocenters. The fourth-order valence-electron chi connectivity index (χ4n) is 1.84. The van der Waals surface area contributed by atoms with Gasteiger partial charge in [-0.1, -0.05) is 23.2 Å². The van der Waals surface area contributed by atoms with Gasteiger partial charge in [-0.3, -0.25) is 0 Å². The number of benzene rings is 1. The minimum absolute atomic E-state index is 0.548. The molecule has 0 radical (unpaired) electrons. The molecule has 0 aliphatic carbocycles. The van der Waals surface area contributed by atoms with Gasteiger partial charge < -0.3 is 15.5 Å². The van der Waals surface area contributed by atoms with Gasteiger partial charge >= 0.3 is 0 Å². The van der Waals surface area contributed by atoms with Crippen molar-refractivity contribution in [1.29, 1.82) is 0 Å². The SMILES string of the molecule is CN(C)CCCNc1nccc(Nc2ccc(Cl)cc2Cl)n1. The molecule has 2 N–H and O–H groups in total. The van der Waals surface area contributed by atoms with Gasteiger partial charge in [-0.2, -0.15) is 4.98 Å². The lowest BCUT2D eigenvalue weighted by atomic mass is 10.3. The normalized spacial score (nSPS) is 10.8. The summed E-state index contributed by atoms with van der Waals surface area (Å²) in [7, 11) is 4.10. The van der Waals surface area contributed by atoms with Crippen molar-refractivity contribution in [2.45, 2.75) is 6.42 Å². The Labute approximate surface area is 140 Å². The highest BCUT2D eigenvalue weighted by Crippen LogP contribution is 2.27. The number of nitrogens with zero attached hydrogens (tertiary/aromatic N) is 3. The zero-order valence-corrected chi connectivity index (χ0v) is 14.1. The third-order valence-electron chi connectivity index (χ3n) is 2.91. The van der Waals surface area contributed by atoms with E-state index in [2.05, 4.69) is 39.6 Å². The number of halogens is 2. The summed E-state index contributed by atoms with van der Waals surface area (Å²) in [5, 5.41) is 7.51. The van der Waals surface area contributed by atoms with Gasteiger partial charge in [-0.05, 0) is 51.3 Å². The molecule has 5 nitrogen and oxygen atoms in total. The average Bonchev–Trinajstić information content (AvgIpc) is 2.47. The number of nitrogens with one attached hydrogen (secondary N) is 2. The van der Waals surface area contributed by atoms with Gasteiger partial charge in [0.1, 0.15) is 5.82 Å². The van der Waals surface area contributed by atoms with Gasteiger partial charge in [0.15, 0.2) is 0 Å². The second kappa shape index (κ2) is 8.17. The fraction of sp³-hybridized carbons (Fsp3) is 0.333. The molecular weight excluding hydrogens is 321 g/mol. The zero-order valence-electron chi connectivity index (χ0n) is 12.6. The zero-order chi connectivity index (χ0) is 15.9. The van der Waals surface area contributed by atoms with Crippen molar-refractivity contribution in [3.63, 3.8) is 0 Å². The van der Waals surface area contributed by atoms with Crippen molar-refractivity contribution in [3.05, 3.63) is 40.5 Å². The van der Waals surface area contributed by atoms with Crippen molar-refractivity contribution in [2.75, 3.05) is 37.8 Å². The molecular formula is C15H19Cl2N5. The standard InChI is InChI=1S/C15H19Cl2N5/c1-22(2)9-3-7-18-15-19-8-6-14(21-15)20-13-5-4-11(16)10-12(13)17/h4-6,8,10H,3,7,9H2,1-2H3,(H2,18,19,20,21). The Kier molecular flexibility index (Phi) is 6.24. The van der Waals surface area contributed by atoms with Gasteiger partial charge in [0.05, 0.1) is 10.7 Å². The Morgan fingerprint density at radius 2 is 2.00 bits per heavy atom. The van der Waals surface area contributed by atoms with Crippen molar-refractivity contribution in [1.82, 2.24) is 14.9 Å². The fourth-order valence-corrected chi connectivity index (χ4v) is 2.29. The molecule has 118 valence electrons. The number of anilines is 3. The van der Waals surface area contributed by atoms with Crippen LogP contribution in [-0.4, -0.2) is 42.1 Å². The Balaban J connectivity index is 1.96. The van der Waals surface area contributed by atoms with Crippen LogP contribution in [0.15, 0.2) is 30.5 Å². The Hall–Kier alpha value is -1.56. The van der Waals surface area contributed by atoms with E-state index in [1.807, 2.05) is 6.07 Å². The molecule has 7 heteroatoms. The third kappa shape index (κ3) is 5.33. The Morgan fingerprint density at radius 1 is 1.18 bits per heavy atom. The van der Waals surface area contributed by atoms with Gasteiger partial charge in [0.25, 0.3) is 0 Å². The van der Waals surface area contributed by atoms with E-state index in [0.29, 0.717) is 21.8 Å². The molecule has 2 aromatic rings. The summed E-state index contributed by atoms with van der Waals surface area (Å²) in [5.74, 6) is 1.27. The van der Waals surface area contributed by atoms with Gasteiger partial charge in [0.2, 0.25) is 5.95 Å². The number of rotatable bonds is 7. The maximum atomic E-state index is 6.14. The molecule has 0 aliphatic rings. The van der Waals surface area contributed by atoms with Crippen molar-refractivity contribution < 1.29 is 0 Å². The molecule has 1 aromatic carbocycles. The monoisotopic (exact) mass is 339 g/mol. The molecule has 0 saturated heterocycles. The summed E-state index contributed by atoms with van der Waals surface area (Å²) >= 11 is 12.0.